The van der Waals surface area contributed by atoms with Crippen molar-refractivity contribution in [1.82, 2.24) is 9.97 Å². The molecule has 2 N–H and O–H groups in total. The molecule has 1 aromatic carbocycles. The number of nitrogens with one attached hydrogen (secondary N) is 1. The highest BCUT2D eigenvalue weighted by molar-refractivity contribution is 5.96. The lowest BCUT2D eigenvalue weighted by Gasteiger charge is -2.17. The van der Waals surface area contributed by atoms with Crippen LogP contribution in [-0.2, 0) is 6.18 Å². The lowest BCUT2D eigenvalue weighted by Crippen LogP contribution is -2.15. The number of rotatable bonds is 2. The number of aromatic hydroxyl groups is 1. The molecule has 0 fully saturated rings. The van der Waals surface area contributed by atoms with Crippen molar-refractivity contribution in [2.75, 3.05) is 13.2 Å². The van der Waals surface area contributed by atoms with E-state index >= 15 is 0 Å². The molecule has 26 heavy (non-hydrogen) atoms. The van der Waals surface area contributed by atoms with Crippen molar-refractivity contribution in [3.05, 3.63) is 36.0 Å². The maximum atomic E-state index is 12.5. The molecular weight excluding hydrogens is 353 g/mol. The van der Waals surface area contributed by atoms with Crippen LogP contribution in [0.25, 0.3) is 10.9 Å². The number of H-pyrrole nitrogens is 1. The van der Waals surface area contributed by atoms with E-state index in [0.29, 0.717) is 41.8 Å². The van der Waals surface area contributed by atoms with Gasteiger partial charge in [0.25, 0.3) is 0 Å². The van der Waals surface area contributed by atoms with E-state index in [1.54, 1.807) is 12.1 Å². The normalized spacial score (nSPS) is 14.3. The van der Waals surface area contributed by atoms with Crippen molar-refractivity contribution in [3.8, 4) is 17.4 Å². The molecule has 10 heteroatoms. The first-order valence-electron chi connectivity index (χ1n) is 7.51. The van der Waals surface area contributed by atoms with Gasteiger partial charge in [-0.15, -0.1) is 10.2 Å². The number of alkyl halides is 3. The third-order valence-corrected chi connectivity index (χ3v) is 3.74. The standard InChI is InChI=1S/C16H11F3N4O3/c17-16(18,19)8-1-2-13(20-7-8)22-23-14-9-5-11-12(26-4-3-25-11)6-10(9)21-15(14)24/h1-2,5-7,21,24H,3-4H2. The second-order valence-electron chi connectivity index (χ2n) is 5.47. The van der Waals surface area contributed by atoms with Crippen LogP contribution in [0.5, 0.6) is 17.4 Å². The summed E-state index contributed by atoms with van der Waals surface area (Å²) in [5.41, 5.74) is -0.199. The Kier molecular flexibility index (Phi) is 3.67. The maximum absolute atomic E-state index is 12.5. The summed E-state index contributed by atoms with van der Waals surface area (Å²) in [5, 5.41) is 18.3. The number of nitrogens with zero attached hydrogens (tertiary/aromatic N) is 3. The van der Waals surface area contributed by atoms with E-state index in [4.69, 9.17) is 9.47 Å². The van der Waals surface area contributed by atoms with Crippen LogP contribution in [0.3, 0.4) is 0 Å². The van der Waals surface area contributed by atoms with Crippen LogP contribution in [0.4, 0.5) is 24.7 Å². The van der Waals surface area contributed by atoms with Gasteiger partial charge in [-0.3, -0.25) is 0 Å². The molecule has 0 saturated carbocycles. The average Bonchev–Trinajstić information content (AvgIpc) is 2.91. The zero-order chi connectivity index (χ0) is 18.3. The quantitative estimate of drug-likeness (QED) is 0.656. The molecule has 3 aromatic rings. The molecule has 1 aliphatic rings. The first-order chi connectivity index (χ1) is 12.4. The van der Waals surface area contributed by atoms with Gasteiger partial charge in [-0.1, -0.05) is 0 Å². The van der Waals surface area contributed by atoms with Crippen molar-refractivity contribution in [1.29, 1.82) is 0 Å². The van der Waals surface area contributed by atoms with E-state index < -0.39 is 11.7 Å². The zero-order valence-corrected chi connectivity index (χ0v) is 13.0. The van der Waals surface area contributed by atoms with Crippen molar-refractivity contribution in [2.45, 2.75) is 6.18 Å². The first kappa shape index (κ1) is 16.2. The van der Waals surface area contributed by atoms with Gasteiger partial charge in [0, 0.05) is 17.6 Å². The van der Waals surface area contributed by atoms with Gasteiger partial charge in [-0.2, -0.15) is 13.2 Å². The van der Waals surface area contributed by atoms with Crippen LogP contribution in [0.15, 0.2) is 40.7 Å². The summed E-state index contributed by atoms with van der Waals surface area (Å²) in [6, 6.07) is 5.27. The molecule has 0 atom stereocenters. The molecule has 1 aliphatic heterocycles. The van der Waals surface area contributed by atoms with Gasteiger partial charge < -0.3 is 19.6 Å². The fourth-order valence-electron chi connectivity index (χ4n) is 2.52. The van der Waals surface area contributed by atoms with Crippen LogP contribution in [0.2, 0.25) is 0 Å². The van der Waals surface area contributed by atoms with Gasteiger partial charge in [-0.05, 0) is 18.2 Å². The summed E-state index contributed by atoms with van der Waals surface area (Å²) in [4.78, 5) is 6.35. The van der Waals surface area contributed by atoms with Crippen LogP contribution >= 0.6 is 0 Å². The van der Waals surface area contributed by atoms with Gasteiger partial charge in [0.2, 0.25) is 5.88 Å². The Balaban J connectivity index is 1.68. The van der Waals surface area contributed by atoms with E-state index in [-0.39, 0.29) is 17.4 Å². The lowest BCUT2D eigenvalue weighted by molar-refractivity contribution is -0.137. The Morgan fingerprint density at radius 3 is 2.46 bits per heavy atom. The fourth-order valence-corrected chi connectivity index (χ4v) is 2.52. The van der Waals surface area contributed by atoms with E-state index in [1.807, 2.05) is 0 Å². The smallest absolute Gasteiger partial charge is 0.417 e. The Bertz CT molecular complexity index is 997. The number of pyridine rings is 1. The van der Waals surface area contributed by atoms with Crippen molar-refractivity contribution in [3.63, 3.8) is 0 Å². The largest absolute Gasteiger partial charge is 0.493 e. The summed E-state index contributed by atoms with van der Waals surface area (Å²) < 4.78 is 48.6. The van der Waals surface area contributed by atoms with Gasteiger partial charge in [0.1, 0.15) is 13.2 Å². The number of halogens is 3. The lowest BCUT2D eigenvalue weighted by atomic mass is 10.2. The number of azo groups is 1. The minimum atomic E-state index is -4.47. The summed E-state index contributed by atoms with van der Waals surface area (Å²) >= 11 is 0. The highest BCUT2D eigenvalue weighted by atomic mass is 19.4. The van der Waals surface area contributed by atoms with Crippen molar-refractivity contribution >= 4 is 22.4 Å². The predicted octanol–water partition coefficient (Wildman–Crippen LogP) is 4.47. The minimum Gasteiger partial charge on any atom is -0.493 e. The third kappa shape index (κ3) is 2.89. The number of hydrogen-bond acceptors (Lipinski definition) is 6. The summed E-state index contributed by atoms with van der Waals surface area (Å²) in [5.74, 6) is 0.784. The SMILES string of the molecule is Oc1[nH]c2cc3c(cc2c1N=Nc1ccc(C(F)(F)F)cn1)OCCO3. The molecule has 0 unspecified atom stereocenters. The molecule has 0 spiro atoms. The van der Waals surface area contributed by atoms with Crippen molar-refractivity contribution < 1.29 is 27.8 Å². The molecule has 0 bridgehead atoms. The number of aromatic nitrogens is 2. The highest BCUT2D eigenvalue weighted by Gasteiger charge is 2.30. The number of ether oxygens (including phenoxy) is 2. The van der Waals surface area contributed by atoms with Crippen LogP contribution in [0.1, 0.15) is 5.56 Å². The second-order valence-corrected chi connectivity index (χ2v) is 5.47. The van der Waals surface area contributed by atoms with E-state index in [1.165, 1.54) is 0 Å². The molecule has 0 amide bonds. The second kappa shape index (κ2) is 5.90. The Hall–Kier alpha value is -3.30. The monoisotopic (exact) mass is 364 g/mol. The molecular formula is C16H11F3N4O3. The molecule has 4 rings (SSSR count). The Morgan fingerprint density at radius 2 is 1.81 bits per heavy atom. The van der Waals surface area contributed by atoms with Crippen molar-refractivity contribution in [2.24, 2.45) is 10.2 Å². The first-order valence-corrected chi connectivity index (χ1v) is 7.51. The number of aromatic amines is 1. The average molecular weight is 364 g/mol. The number of fused-ring (bicyclic) bond motifs is 2. The van der Waals surface area contributed by atoms with Gasteiger partial charge in [0.05, 0.1) is 11.1 Å². The Morgan fingerprint density at radius 1 is 1.08 bits per heavy atom. The molecule has 3 heterocycles. The molecule has 134 valence electrons. The molecule has 7 nitrogen and oxygen atoms in total. The molecule has 2 aromatic heterocycles. The topological polar surface area (TPSA) is 92.1 Å². The zero-order valence-electron chi connectivity index (χ0n) is 13.0. The molecule has 0 radical (unpaired) electrons. The van der Waals surface area contributed by atoms with Crippen LogP contribution in [-0.4, -0.2) is 28.3 Å². The fraction of sp³-hybridized carbons (Fsp3) is 0.188. The van der Waals surface area contributed by atoms with Gasteiger partial charge in [-0.25, -0.2) is 4.98 Å². The van der Waals surface area contributed by atoms with Gasteiger partial charge >= 0.3 is 6.18 Å². The summed E-state index contributed by atoms with van der Waals surface area (Å²) in [7, 11) is 0. The predicted molar refractivity (Wildman–Crippen MR) is 84.4 cm³/mol. The molecule has 0 aliphatic carbocycles. The highest BCUT2D eigenvalue weighted by Crippen LogP contribution is 2.42. The molecule has 0 saturated heterocycles. The van der Waals surface area contributed by atoms with E-state index in [2.05, 4.69) is 20.2 Å². The van der Waals surface area contributed by atoms with Crippen LogP contribution < -0.4 is 9.47 Å². The summed E-state index contributed by atoms with van der Waals surface area (Å²) in [6.07, 6.45) is -3.80. The van der Waals surface area contributed by atoms with Crippen LogP contribution in [0, 0.1) is 0 Å². The number of benzene rings is 1. The van der Waals surface area contributed by atoms with E-state index in [0.717, 1.165) is 12.1 Å². The number of hydrogen-bond donors (Lipinski definition) is 2. The van der Waals surface area contributed by atoms with Gasteiger partial charge in [0.15, 0.2) is 23.0 Å². The summed E-state index contributed by atoms with van der Waals surface area (Å²) in [6.45, 7) is 0.832. The Labute approximate surface area is 144 Å². The minimum absolute atomic E-state index is 0.0238. The maximum Gasteiger partial charge on any atom is 0.417 e. The van der Waals surface area contributed by atoms with E-state index in [9.17, 15) is 18.3 Å². The third-order valence-electron chi connectivity index (χ3n) is 3.74.